The minimum Gasteiger partial charge on any atom is -0.334 e. The van der Waals surface area contributed by atoms with E-state index >= 15 is 0 Å². The zero-order valence-corrected chi connectivity index (χ0v) is 14.4. The maximum atomic E-state index is 13.4. The van der Waals surface area contributed by atoms with Crippen molar-refractivity contribution in [3.05, 3.63) is 29.8 Å². The van der Waals surface area contributed by atoms with Gasteiger partial charge < -0.3 is 10.7 Å². The third-order valence-electron chi connectivity index (χ3n) is 4.55. The number of amides is 1. The van der Waals surface area contributed by atoms with Crippen molar-refractivity contribution in [2.75, 3.05) is 13.1 Å². The minimum absolute atomic E-state index is 0.0904. The molecular formula is C15H17F2N5O3S. The second kappa shape index (κ2) is 6.72. The fourth-order valence-corrected chi connectivity index (χ4v) is 5.42. The number of rotatable bonds is 4. The zero-order valence-electron chi connectivity index (χ0n) is 13.6. The summed E-state index contributed by atoms with van der Waals surface area (Å²) in [5.41, 5.74) is -0.393. The summed E-state index contributed by atoms with van der Waals surface area (Å²) in [7, 11) is -4.11. The topological polar surface area (TPSA) is 120 Å². The van der Waals surface area contributed by atoms with Gasteiger partial charge in [-0.05, 0) is 25.0 Å². The van der Waals surface area contributed by atoms with Gasteiger partial charge in [-0.1, -0.05) is 0 Å². The van der Waals surface area contributed by atoms with Crippen molar-refractivity contribution >= 4 is 27.9 Å². The summed E-state index contributed by atoms with van der Waals surface area (Å²) >= 11 is 0. The van der Waals surface area contributed by atoms with E-state index in [1.165, 1.54) is 9.21 Å². The average molecular weight is 385 g/mol. The van der Waals surface area contributed by atoms with Crippen molar-refractivity contribution in [2.24, 2.45) is 10.9 Å². The third-order valence-corrected chi connectivity index (χ3v) is 6.53. The third kappa shape index (κ3) is 3.19. The van der Waals surface area contributed by atoms with E-state index in [0.717, 1.165) is 18.3 Å². The Hall–Kier alpha value is -2.40. The molecule has 26 heavy (non-hydrogen) atoms. The van der Waals surface area contributed by atoms with E-state index in [0.29, 0.717) is 18.9 Å². The Morgan fingerprint density at radius 2 is 1.73 bits per heavy atom. The molecule has 0 saturated carbocycles. The van der Waals surface area contributed by atoms with Crippen LogP contribution < -0.4 is 5.84 Å². The molecule has 0 aliphatic carbocycles. The maximum absolute atomic E-state index is 13.4. The van der Waals surface area contributed by atoms with E-state index < -0.39 is 50.3 Å². The summed E-state index contributed by atoms with van der Waals surface area (Å²) in [6.07, 6.45) is 1.95. The lowest BCUT2D eigenvalue weighted by atomic mass is 10.2. The zero-order chi connectivity index (χ0) is 19.1. The van der Waals surface area contributed by atoms with Gasteiger partial charge in [0.25, 0.3) is 5.91 Å². The number of hydrazone groups is 1. The van der Waals surface area contributed by atoms with Gasteiger partial charge in [0.1, 0.15) is 17.3 Å². The van der Waals surface area contributed by atoms with E-state index in [9.17, 15) is 22.0 Å². The number of sulfonamides is 1. The molecule has 3 N–H and O–H groups in total. The van der Waals surface area contributed by atoms with Crippen LogP contribution in [0.1, 0.15) is 12.8 Å². The Balaban J connectivity index is 1.86. The Kier molecular flexibility index (Phi) is 4.76. The molecule has 0 aromatic heterocycles. The summed E-state index contributed by atoms with van der Waals surface area (Å²) in [5, 5.41) is 10.7. The number of benzene rings is 1. The van der Waals surface area contributed by atoms with Crippen molar-refractivity contribution in [3.8, 4) is 0 Å². The van der Waals surface area contributed by atoms with Gasteiger partial charge in [-0.3, -0.25) is 10.2 Å². The van der Waals surface area contributed by atoms with Crippen LogP contribution in [0.2, 0.25) is 0 Å². The molecule has 2 saturated heterocycles. The quantitative estimate of drug-likeness (QED) is 0.440. The van der Waals surface area contributed by atoms with Gasteiger partial charge in [-0.2, -0.15) is 9.41 Å². The van der Waals surface area contributed by atoms with Gasteiger partial charge >= 0.3 is 0 Å². The smallest absolute Gasteiger partial charge is 0.273 e. The average Bonchev–Trinajstić information content (AvgIpc) is 2.85. The minimum atomic E-state index is -4.11. The normalized spacial score (nSPS) is 23.5. The molecule has 1 aromatic rings. The van der Waals surface area contributed by atoms with Gasteiger partial charge in [-0.15, -0.1) is 0 Å². The lowest BCUT2D eigenvalue weighted by molar-refractivity contribution is -0.126. The van der Waals surface area contributed by atoms with E-state index in [4.69, 9.17) is 11.3 Å². The molecule has 8 nitrogen and oxygen atoms in total. The summed E-state index contributed by atoms with van der Waals surface area (Å²) in [5.74, 6) is 2.40. The summed E-state index contributed by atoms with van der Waals surface area (Å²) in [4.78, 5) is 13.1. The summed E-state index contributed by atoms with van der Waals surface area (Å²) in [6, 6.07) is 1.13. The van der Waals surface area contributed by atoms with Crippen molar-refractivity contribution in [2.45, 2.75) is 29.8 Å². The standard InChI is InChI=1S/C15H17F2N5O3S/c16-9-3-10(17)5-13(4-9)26(24,25)22-11-1-2-12(22)8-21(7-11)15(23)14(18)6-20-19/h3-6,11-12,18H,1-2,7-8,19H2/b18-14?,20-6-. The highest BCUT2D eigenvalue weighted by Crippen LogP contribution is 2.35. The van der Waals surface area contributed by atoms with Gasteiger partial charge in [0.15, 0.2) is 0 Å². The number of nitrogens with zero attached hydrogens (tertiary/aromatic N) is 3. The molecule has 11 heteroatoms. The molecule has 2 heterocycles. The van der Waals surface area contributed by atoms with Crippen molar-refractivity contribution in [1.29, 1.82) is 5.41 Å². The summed E-state index contributed by atoms with van der Waals surface area (Å²) in [6.45, 7) is 0.181. The van der Waals surface area contributed by atoms with Crippen molar-refractivity contribution < 1.29 is 22.0 Å². The number of carbonyl (C=O) groups is 1. The van der Waals surface area contributed by atoms with E-state index in [1.54, 1.807) is 0 Å². The van der Waals surface area contributed by atoms with Crippen molar-refractivity contribution in [3.63, 3.8) is 0 Å². The predicted octanol–water partition coefficient (Wildman–Crippen LogP) is 0.293. The van der Waals surface area contributed by atoms with Crippen LogP contribution in [0.25, 0.3) is 0 Å². The first-order valence-corrected chi connectivity index (χ1v) is 9.28. The molecule has 1 aromatic carbocycles. The van der Waals surface area contributed by atoms with Crippen LogP contribution in [0.4, 0.5) is 8.78 Å². The molecule has 140 valence electrons. The van der Waals surface area contributed by atoms with Gasteiger partial charge in [0, 0.05) is 31.2 Å². The highest BCUT2D eigenvalue weighted by molar-refractivity contribution is 7.89. The number of carbonyl (C=O) groups excluding carboxylic acids is 1. The van der Waals surface area contributed by atoms with Crippen LogP contribution in [0.5, 0.6) is 0 Å². The Bertz CT molecular complexity index is 855. The predicted molar refractivity (Wildman–Crippen MR) is 89.2 cm³/mol. The first-order chi connectivity index (χ1) is 12.2. The molecule has 2 aliphatic rings. The van der Waals surface area contributed by atoms with E-state index in [2.05, 4.69) is 5.10 Å². The number of piperazine rings is 1. The van der Waals surface area contributed by atoms with E-state index in [1.807, 2.05) is 0 Å². The maximum Gasteiger partial charge on any atom is 0.273 e. The fourth-order valence-electron chi connectivity index (χ4n) is 3.52. The number of nitrogens with two attached hydrogens (primary N) is 1. The van der Waals surface area contributed by atoms with Gasteiger partial charge in [0.2, 0.25) is 10.0 Å². The van der Waals surface area contributed by atoms with Crippen LogP contribution >= 0.6 is 0 Å². The second-order valence-corrected chi connectivity index (χ2v) is 8.07. The van der Waals surface area contributed by atoms with Crippen LogP contribution in [0, 0.1) is 17.0 Å². The highest BCUT2D eigenvalue weighted by Gasteiger charge is 2.48. The highest BCUT2D eigenvalue weighted by atomic mass is 32.2. The van der Waals surface area contributed by atoms with Crippen molar-refractivity contribution in [1.82, 2.24) is 9.21 Å². The van der Waals surface area contributed by atoms with Gasteiger partial charge in [-0.25, -0.2) is 17.2 Å². The Labute approximate surface area is 148 Å². The lowest BCUT2D eigenvalue weighted by Gasteiger charge is -2.39. The molecule has 3 rings (SSSR count). The molecule has 2 unspecified atom stereocenters. The number of fused-ring (bicyclic) bond motifs is 2. The molecule has 2 aliphatic heterocycles. The van der Waals surface area contributed by atoms with Crippen LogP contribution in [0.3, 0.4) is 0 Å². The molecule has 0 spiro atoms. The first kappa shape index (κ1) is 18.4. The first-order valence-electron chi connectivity index (χ1n) is 7.84. The molecule has 0 radical (unpaired) electrons. The molecule has 2 fully saturated rings. The molecule has 1 amide bonds. The molecule has 2 atom stereocenters. The second-order valence-electron chi connectivity index (χ2n) is 6.23. The SMILES string of the molecule is N=C(/C=N\N)C(=O)N1CC2CCC(C1)N2S(=O)(=O)c1cc(F)cc(F)c1. The van der Waals surface area contributed by atoms with Crippen LogP contribution in [-0.2, 0) is 14.8 Å². The van der Waals surface area contributed by atoms with Gasteiger partial charge in [0.05, 0.1) is 11.1 Å². The molecule has 2 bridgehead atoms. The fraction of sp³-hybridized carbons (Fsp3) is 0.400. The number of halogens is 2. The Morgan fingerprint density at radius 3 is 2.23 bits per heavy atom. The summed E-state index contributed by atoms with van der Waals surface area (Å²) < 4.78 is 53.9. The number of nitrogens with one attached hydrogen (secondary N) is 1. The number of likely N-dealkylation sites (tertiary alicyclic amines) is 1. The number of hydrogen-bond donors (Lipinski definition) is 2. The largest absolute Gasteiger partial charge is 0.334 e. The number of hydrogen-bond acceptors (Lipinski definition) is 6. The van der Waals surface area contributed by atoms with Crippen LogP contribution in [0.15, 0.2) is 28.2 Å². The monoisotopic (exact) mass is 385 g/mol. The van der Waals surface area contributed by atoms with E-state index in [-0.39, 0.29) is 13.1 Å². The molecular weight excluding hydrogens is 368 g/mol. The van der Waals surface area contributed by atoms with Crippen LogP contribution in [-0.4, -0.2) is 60.6 Å². The lowest BCUT2D eigenvalue weighted by Crippen LogP contribution is -2.58. The Morgan fingerprint density at radius 1 is 1.19 bits per heavy atom.